The predicted molar refractivity (Wildman–Crippen MR) is 96.2 cm³/mol. The summed E-state index contributed by atoms with van der Waals surface area (Å²) in [6, 6.07) is 7.50. The molecule has 1 aliphatic rings. The summed E-state index contributed by atoms with van der Waals surface area (Å²) >= 11 is 0. The van der Waals surface area contributed by atoms with E-state index in [-0.39, 0.29) is 11.4 Å². The van der Waals surface area contributed by atoms with Gasteiger partial charge in [0.05, 0.1) is 6.42 Å². The number of benzene rings is 1. The fourth-order valence-electron chi connectivity index (χ4n) is 3.26. The van der Waals surface area contributed by atoms with Crippen molar-refractivity contribution in [2.45, 2.75) is 52.0 Å². The van der Waals surface area contributed by atoms with Gasteiger partial charge in [0, 0.05) is 24.3 Å². The highest BCUT2D eigenvalue weighted by molar-refractivity contribution is 5.78. The third kappa shape index (κ3) is 5.24. The van der Waals surface area contributed by atoms with Gasteiger partial charge in [-0.05, 0) is 56.8 Å². The number of anilines is 1. The van der Waals surface area contributed by atoms with Gasteiger partial charge in [0.1, 0.15) is 0 Å². The number of carbonyl (C=O) groups excluding carboxylic acids is 1. The second-order valence-corrected chi connectivity index (χ2v) is 7.37. The third-order valence-electron chi connectivity index (χ3n) is 5.01. The molecule has 23 heavy (non-hydrogen) atoms. The molecule has 1 aromatic rings. The molecule has 4 heteroatoms. The third-order valence-corrected chi connectivity index (χ3v) is 5.01. The lowest BCUT2D eigenvalue weighted by molar-refractivity contribution is -0.121. The maximum atomic E-state index is 12.2. The minimum Gasteiger partial charge on any atom is -0.399 e. The van der Waals surface area contributed by atoms with Crippen LogP contribution in [0.2, 0.25) is 0 Å². The molecule has 3 N–H and O–H groups in total. The van der Waals surface area contributed by atoms with Crippen LogP contribution in [0.5, 0.6) is 0 Å². The van der Waals surface area contributed by atoms with Crippen molar-refractivity contribution in [1.82, 2.24) is 10.2 Å². The van der Waals surface area contributed by atoms with Gasteiger partial charge in [0.2, 0.25) is 5.91 Å². The van der Waals surface area contributed by atoms with Crippen LogP contribution in [0.25, 0.3) is 0 Å². The molecule has 1 aromatic carbocycles. The summed E-state index contributed by atoms with van der Waals surface area (Å²) in [5, 5.41) is 3.10. The summed E-state index contributed by atoms with van der Waals surface area (Å²) in [6.45, 7) is 9.71. The summed E-state index contributed by atoms with van der Waals surface area (Å²) in [5.41, 5.74) is 7.40. The van der Waals surface area contributed by atoms with Gasteiger partial charge in [-0.3, -0.25) is 9.69 Å². The molecule has 2 rings (SSSR count). The zero-order valence-corrected chi connectivity index (χ0v) is 14.8. The minimum absolute atomic E-state index is 0.00458. The van der Waals surface area contributed by atoms with Crippen LogP contribution >= 0.6 is 0 Å². The molecule has 0 aromatic heterocycles. The summed E-state index contributed by atoms with van der Waals surface area (Å²) in [6.07, 6.45) is 4.26. The van der Waals surface area contributed by atoms with Crippen molar-refractivity contribution in [2.24, 2.45) is 5.92 Å². The minimum atomic E-state index is 0.00458. The van der Waals surface area contributed by atoms with Crippen molar-refractivity contribution in [3.63, 3.8) is 0 Å². The molecule has 1 amide bonds. The number of rotatable bonds is 6. The SMILES string of the molecule is CCC1CCCN(C(C)(C)CNC(=O)Cc2ccc(N)cc2)C1. The summed E-state index contributed by atoms with van der Waals surface area (Å²) in [5.74, 6) is 0.875. The molecular formula is C19H31N3O. The first-order chi connectivity index (χ1) is 10.9. The van der Waals surface area contributed by atoms with Crippen molar-refractivity contribution in [2.75, 3.05) is 25.4 Å². The smallest absolute Gasteiger partial charge is 0.224 e. The highest BCUT2D eigenvalue weighted by Gasteiger charge is 2.31. The van der Waals surface area contributed by atoms with E-state index in [2.05, 4.69) is 31.0 Å². The number of amides is 1. The number of nitrogens with two attached hydrogens (primary N) is 1. The monoisotopic (exact) mass is 317 g/mol. The van der Waals surface area contributed by atoms with Gasteiger partial charge in [0.25, 0.3) is 0 Å². The Balaban J connectivity index is 1.83. The second-order valence-electron chi connectivity index (χ2n) is 7.37. The van der Waals surface area contributed by atoms with Crippen LogP contribution in [0.1, 0.15) is 45.6 Å². The van der Waals surface area contributed by atoms with Crippen LogP contribution in [0.3, 0.4) is 0 Å². The molecule has 1 atom stereocenters. The lowest BCUT2D eigenvalue weighted by Crippen LogP contribution is -2.55. The van der Waals surface area contributed by atoms with Crippen molar-refractivity contribution >= 4 is 11.6 Å². The first-order valence-corrected chi connectivity index (χ1v) is 8.77. The number of hydrogen-bond acceptors (Lipinski definition) is 3. The Labute approximate surface area is 140 Å². The molecule has 1 aliphatic heterocycles. The summed E-state index contributed by atoms with van der Waals surface area (Å²) in [4.78, 5) is 14.7. The zero-order chi connectivity index (χ0) is 16.9. The van der Waals surface area contributed by atoms with Gasteiger partial charge in [-0.1, -0.05) is 25.5 Å². The van der Waals surface area contributed by atoms with E-state index in [4.69, 9.17) is 5.73 Å². The molecule has 0 aliphatic carbocycles. The molecule has 1 fully saturated rings. The van der Waals surface area contributed by atoms with Crippen LogP contribution in [0.15, 0.2) is 24.3 Å². The van der Waals surface area contributed by atoms with Crippen LogP contribution < -0.4 is 11.1 Å². The van der Waals surface area contributed by atoms with Gasteiger partial charge < -0.3 is 11.1 Å². The van der Waals surface area contributed by atoms with Crippen molar-refractivity contribution in [3.8, 4) is 0 Å². The first-order valence-electron chi connectivity index (χ1n) is 8.77. The molecule has 1 heterocycles. The van der Waals surface area contributed by atoms with E-state index >= 15 is 0 Å². The lowest BCUT2D eigenvalue weighted by Gasteiger charge is -2.43. The number of nitrogens with zero attached hydrogens (tertiary/aromatic N) is 1. The van der Waals surface area contributed by atoms with Crippen LogP contribution in [-0.4, -0.2) is 36.0 Å². The summed E-state index contributed by atoms with van der Waals surface area (Å²) < 4.78 is 0. The molecule has 0 saturated carbocycles. The molecule has 0 spiro atoms. The molecule has 128 valence electrons. The second kappa shape index (κ2) is 7.82. The van der Waals surface area contributed by atoms with Gasteiger partial charge in [-0.2, -0.15) is 0 Å². The Bertz CT molecular complexity index is 510. The average molecular weight is 317 g/mol. The number of carbonyl (C=O) groups is 1. The standard InChI is InChI=1S/C19H31N3O/c1-4-15-6-5-11-22(13-15)19(2,3)14-21-18(23)12-16-7-9-17(20)10-8-16/h7-10,15H,4-6,11-14,20H2,1-3H3,(H,21,23). The Morgan fingerprint density at radius 2 is 2.04 bits per heavy atom. The molecule has 1 saturated heterocycles. The maximum absolute atomic E-state index is 12.2. The topological polar surface area (TPSA) is 58.4 Å². The van der Waals surface area contributed by atoms with Gasteiger partial charge in [0.15, 0.2) is 0 Å². The average Bonchev–Trinajstić information content (AvgIpc) is 2.55. The molecule has 0 bridgehead atoms. The number of likely N-dealkylation sites (tertiary alicyclic amines) is 1. The normalized spacial score (nSPS) is 19.5. The van der Waals surface area contributed by atoms with Crippen LogP contribution in [0, 0.1) is 5.92 Å². The fourth-order valence-corrected chi connectivity index (χ4v) is 3.26. The van der Waals surface area contributed by atoms with E-state index < -0.39 is 0 Å². The summed E-state index contributed by atoms with van der Waals surface area (Å²) in [7, 11) is 0. The zero-order valence-electron chi connectivity index (χ0n) is 14.8. The van der Waals surface area contributed by atoms with E-state index in [1.807, 2.05) is 24.3 Å². The van der Waals surface area contributed by atoms with Gasteiger partial charge in [-0.15, -0.1) is 0 Å². The predicted octanol–water partition coefficient (Wildman–Crippen LogP) is 2.83. The van der Waals surface area contributed by atoms with Crippen LogP contribution in [0.4, 0.5) is 5.69 Å². The number of piperidine rings is 1. The highest BCUT2D eigenvalue weighted by Crippen LogP contribution is 2.25. The van der Waals surface area contributed by atoms with Crippen LogP contribution in [-0.2, 0) is 11.2 Å². The Kier molecular flexibility index (Phi) is 6.05. The first kappa shape index (κ1) is 17.8. The van der Waals surface area contributed by atoms with Crippen molar-refractivity contribution < 1.29 is 4.79 Å². The van der Waals surface area contributed by atoms with E-state index in [1.54, 1.807) is 0 Å². The van der Waals surface area contributed by atoms with Gasteiger partial charge >= 0.3 is 0 Å². The van der Waals surface area contributed by atoms with Gasteiger partial charge in [-0.25, -0.2) is 0 Å². The van der Waals surface area contributed by atoms with E-state index in [9.17, 15) is 4.79 Å². The van der Waals surface area contributed by atoms with E-state index in [0.717, 1.165) is 30.3 Å². The Hall–Kier alpha value is -1.55. The number of hydrogen-bond donors (Lipinski definition) is 2. The molecule has 0 radical (unpaired) electrons. The number of nitrogen functional groups attached to an aromatic ring is 1. The Morgan fingerprint density at radius 1 is 1.35 bits per heavy atom. The molecule has 4 nitrogen and oxygen atoms in total. The molecular weight excluding hydrogens is 286 g/mol. The van der Waals surface area contributed by atoms with Crippen molar-refractivity contribution in [1.29, 1.82) is 0 Å². The van der Waals surface area contributed by atoms with E-state index in [0.29, 0.717) is 13.0 Å². The Morgan fingerprint density at radius 3 is 2.70 bits per heavy atom. The largest absolute Gasteiger partial charge is 0.399 e. The maximum Gasteiger partial charge on any atom is 0.224 e. The lowest BCUT2D eigenvalue weighted by atomic mass is 9.91. The highest BCUT2D eigenvalue weighted by atomic mass is 16.1. The van der Waals surface area contributed by atoms with Crippen molar-refractivity contribution in [3.05, 3.63) is 29.8 Å². The fraction of sp³-hybridized carbons (Fsp3) is 0.632. The quantitative estimate of drug-likeness (QED) is 0.793. The molecule has 1 unspecified atom stereocenters. The van der Waals surface area contributed by atoms with E-state index in [1.165, 1.54) is 19.3 Å². The number of nitrogens with one attached hydrogen (secondary N) is 1.